The number of aromatic hydroxyl groups is 1. The van der Waals surface area contributed by atoms with Crippen molar-refractivity contribution in [1.82, 2.24) is 30.2 Å². The van der Waals surface area contributed by atoms with Gasteiger partial charge in [-0.15, -0.1) is 0 Å². The molecule has 128 valence electrons. The lowest BCUT2D eigenvalue weighted by atomic mass is 10.2. The molecule has 3 aromatic rings. The van der Waals surface area contributed by atoms with E-state index in [0.717, 1.165) is 43.3 Å². The van der Waals surface area contributed by atoms with Crippen LogP contribution in [0.1, 0.15) is 17.6 Å². The molecule has 7 nitrogen and oxygen atoms in total. The van der Waals surface area contributed by atoms with Crippen LogP contribution in [0, 0.1) is 0 Å². The van der Waals surface area contributed by atoms with Crippen LogP contribution in [-0.2, 0) is 6.54 Å². The summed E-state index contributed by atoms with van der Waals surface area (Å²) in [5, 5.41) is 13.0. The number of benzene rings is 1. The first-order valence-electron chi connectivity index (χ1n) is 8.35. The van der Waals surface area contributed by atoms with Gasteiger partial charge in [-0.1, -0.05) is 30.3 Å². The minimum atomic E-state index is 0.00345. The smallest absolute Gasteiger partial charge is 0.214 e. The predicted molar refractivity (Wildman–Crippen MR) is 93.7 cm³/mol. The summed E-state index contributed by atoms with van der Waals surface area (Å²) in [6, 6.07) is 11.6. The Bertz CT molecular complexity index is 834. The van der Waals surface area contributed by atoms with Gasteiger partial charge < -0.3 is 15.4 Å². The molecule has 2 aromatic heterocycles. The third-order valence-corrected chi connectivity index (χ3v) is 4.29. The van der Waals surface area contributed by atoms with Crippen LogP contribution in [0.15, 0.2) is 48.8 Å². The Morgan fingerprint density at radius 3 is 2.88 bits per heavy atom. The average Bonchev–Trinajstić information content (AvgIpc) is 3.11. The number of hydrogen-bond donors (Lipinski definition) is 3. The zero-order valence-corrected chi connectivity index (χ0v) is 13.8. The normalized spacial score (nSPS) is 18.3. The monoisotopic (exact) mass is 336 g/mol. The number of aromatic nitrogens is 4. The number of H-pyrrole nitrogens is 1. The summed E-state index contributed by atoms with van der Waals surface area (Å²) in [5.41, 5.74) is 2.09. The fourth-order valence-electron chi connectivity index (χ4n) is 3.07. The predicted octanol–water partition coefficient (Wildman–Crippen LogP) is 1.72. The van der Waals surface area contributed by atoms with Gasteiger partial charge in [-0.2, -0.15) is 4.98 Å². The maximum absolute atomic E-state index is 9.55. The molecule has 1 aromatic carbocycles. The number of hydrogen-bond acceptors (Lipinski definition) is 6. The average molecular weight is 336 g/mol. The Morgan fingerprint density at radius 2 is 2.04 bits per heavy atom. The SMILES string of the molecule is Oc1ccnc(C2CN(Cc3c[nH]c(-c4ccccc4)n3)CCN2)n1. The van der Waals surface area contributed by atoms with E-state index in [0.29, 0.717) is 5.82 Å². The molecule has 4 rings (SSSR count). The van der Waals surface area contributed by atoms with E-state index in [9.17, 15) is 5.11 Å². The fourth-order valence-corrected chi connectivity index (χ4v) is 3.07. The number of imidazole rings is 1. The van der Waals surface area contributed by atoms with E-state index in [1.807, 2.05) is 36.5 Å². The van der Waals surface area contributed by atoms with E-state index in [-0.39, 0.29) is 11.9 Å². The van der Waals surface area contributed by atoms with Gasteiger partial charge in [0.05, 0.1) is 11.7 Å². The van der Waals surface area contributed by atoms with E-state index in [2.05, 4.69) is 25.2 Å². The van der Waals surface area contributed by atoms with Crippen molar-refractivity contribution in [3.8, 4) is 17.3 Å². The Morgan fingerprint density at radius 1 is 1.16 bits per heavy atom. The van der Waals surface area contributed by atoms with Gasteiger partial charge in [-0.3, -0.25) is 4.90 Å². The van der Waals surface area contributed by atoms with Gasteiger partial charge in [0.15, 0.2) is 0 Å². The van der Waals surface area contributed by atoms with Crippen molar-refractivity contribution < 1.29 is 5.11 Å². The topological polar surface area (TPSA) is 90.0 Å². The van der Waals surface area contributed by atoms with Gasteiger partial charge in [0.2, 0.25) is 5.88 Å². The van der Waals surface area contributed by atoms with Crippen LogP contribution in [0.3, 0.4) is 0 Å². The summed E-state index contributed by atoms with van der Waals surface area (Å²) in [4.78, 5) is 18.6. The third-order valence-electron chi connectivity index (χ3n) is 4.29. The van der Waals surface area contributed by atoms with Gasteiger partial charge >= 0.3 is 0 Å². The Kier molecular flexibility index (Phi) is 4.41. The molecule has 3 heterocycles. The van der Waals surface area contributed by atoms with E-state index in [4.69, 9.17) is 4.98 Å². The molecule has 1 fully saturated rings. The van der Waals surface area contributed by atoms with E-state index in [1.54, 1.807) is 6.20 Å². The molecule has 1 aliphatic heterocycles. The summed E-state index contributed by atoms with van der Waals surface area (Å²) >= 11 is 0. The van der Waals surface area contributed by atoms with E-state index in [1.165, 1.54) is 6.07 Å². The first kappa shape index (κ1) is 15.7. The molecule has 1 saturated heterocycles. The second kappa shape index (κ2) is 7.00. The molecule has 25 heavy (non-hydrogen) atoms. The van der Waals surface area contributed by atoms with E-state index < -0.39 is 0 Å². The third kappa shape index (κ3) is 3.67. The number of piperazine rings is 1. The molecule has 3 N–H and O–H groups in total. The molecule has 1 aliphatic rings. The number of rotatable bonds is 4. The highest BCUT2D eigenvalue weighted by Gasteiger charge is 2.23. The van der Waals surface area contributed by atoms with Crippen LogP contribution < -0.4 is 5.32 Å². The summed E-state index contributed by atoms with van der Waals surface area (Å²) in [6.07, 6.45) is 3.54. The molecule has 0 amide bonds. The molecule has 7 heteroatoms. The molecular weight excluding hydrogens is 316 g/mol. The first-order valence-corrected chi connectivity index (χ1v) is 8.35. The maximum atomic E-state index is 9.55. The van der Waals surface area contributed by atoms with Gasteiger partial charge in [-0.25, -0.2) is 9.97 Å². The Hall–Kier alpha value is -2.77. The van der Waals surface area contributed by atoms with Crippen LogP contribution in [0.4, 0.5) is 0 Å². The van der Waals surface area contributed by atoms with Crippen molar-refractivity contribution in [3.63, 3.8) is 0 Å². The van der Waals surface area contributed by atoms with Crippen LogP contribution >= 0.6 is 0 Å². The van der Waals surface area contributed by atoms with Crippen molar-refractivity contribution in [3.05, 3.63) is 60.3 Å². The molecule has 1 unspecified atom stereocenters. The molecule has 0 spiro atoms. The quantitative estimate of drug-likeness (QED) is 0.672. The number of nitrogens with one attached hydrogen (secondary N) is 2. The minimum absolute atomic E-state index is 0.00345. The molecular formula is C18H20N6O. The van der Waals surface area contributed by atoms with Crippen LogP contribution in [0.2, 0.25) is 0 Å². The van der Waals surface area contributed by atoms with E-state index >= 15 is 0 Å². The highest BCUT2D eigenvalue weighted by atomic mass is 16.3. The largest absolute Gasteiger partial charge is 0.493 e. The minimum Gasteiger partial charge on any atom is -0.493 e. The van der Waals surface area contributed by atoms with Gasteiger partial charge in [0.25, 0.3) is 0 Å². The van der Waals surface area contributed by atoms with Crippen molar-refractivity contribution in [1.29, 1.82) is 0 Å². The highest BCUT2D eigenvalue weighted by Crippen LogP contribution is 2.19. The molecule has 0 radical (unpaired) electrons. The Labute approximate surface area is 145 Å². The summed E-state index contributed by atoms with van der Waals surface area (Å²) in [6.45, 7) is 3.32. The second-order valence-electron chi connectivity index (χ2n) is 6.12. The first-order chi connectivity index (χ1) is 12.3. The van der Waals surface area contributed by atoms with Crippen molar-refractivity contribution in [2.75, 3.05) is 19.6 Å². The zero-order chi connectivity index (χ0) is 17.1. The highest BCUT2D eigenvalue weighted by molar-refractivity contribution is 5.54. The number of aromatic amines is 1. The fraction of sp³-hybridized carbons (Fsp3) is 0.278. The van der Waals surface area contributed by atoms with Gasteiger partial charge in [0.1, 0.15) is 11.6 Å². The maximum Gasteiger partial charge on any atom is 0.214 e. The van der Waals surface area contributed by atoms with Crippen LogP contribution in [0.5, 0.6) is 5.88 Å². The van der Waals surface area contributed by atoms with Gasteiger partial charge in [-0.05, 0) is 0 Å². The summed E-state index contributed by atoms with van der Waals surface area (Å²) < 4.78 is 0. The van der Waals surface area contributed by atoms with Crippen molar-refractivity contribution in [2.45, 2.75) is 12.6 Å². The summed E-state index contributed by atoms with van der Waals surface area (Å²) in [7, 11) is 0. The number of nitrogens with zero attached hydrogens (tertiary/aromatic N) is 4. The lowest BCUT2D eigenvalue weighted by Gasteiger charge is -2.32. The molecule has 1 atom stereocenters. The van der Waals surface area contributed by atoms with Crippen molar-refractivity contribution in [2.24, 2.45) is 0 Å². The lowest BCUT2D eigenvalue weighted by Crippen LogP contribution is -2.45. The molecule has 0 bridgehead atoms. The molecule has 0 saturated carbocycles. The standard InChI is InChI=1S/C18H20N6O/c25-16-6-7-20-18(23-16)15-12-24(9-8-19-15)11-14-10-21-17(22-14)13-4-2-1-3-5-13/h1-7,10,15,19H,8-9,11-12H2,(H,21,22)(H,20,23,25). The lowest BCUT2D eigenvalue weighted by molar-refractivity contribution is 0.187. The van der Waals surface area contributed by atoms with Crippen LogP contribution in [-0.4, -0.2) is 49.6 Å². The van der Waals surface area contributed by atoms with Crippen molar-refractivity contribution >= 4 is 0 Å². The van der Waals surface area contributed by atoms with Gasteiger partial charge in [0, 0.05) is 50.2 Å². The van der Waals surface area contributed by atoms with Crippen LogP contribution in [0.25, 0.3) is 11.4 Å². The second-order valence-corrected chi connectivity index (χ2v) is 6.12. The summed E-state index contributed by atoms with van der Waals surface area (Å²) in [5.74, 6) is 1.51. The zero-order valence-electron chi connectivity index (χ0n) is 13.8. The molecule has 0 aliphatic carbocycles. The Balaban J connectivity index is 1.43.